The van der Waals surface area contributed by atoms with Crippen LogP contribution >= 0.6 is 0 Å². The second-order valence-electron chi connectivity index (χ2n) is 2.02. The van der Waals surface area contributed by atoms with Gasteiger partial charge in [0.25, 0.3) is 0 Å². The van der Waals surface area contributed by atoms with Crippen molar-refractivity contribution in [2.24, 2.45) is 5.84 Å². The number of nitrogens with two attached hydrogens (primary N) is 1. The van der Waals surface area contributed by atoms with Crippen molar-refractivity contribution >= 4 is 0 Å². The van der Waals surface area contributed by atoms with Gasteiger partial charge in [-0.05, 0) is 21.1 Å². The molecule has 0 saturated heterocycles. The van der Waals surface area contributed by atoms with Crippen LogP contribution in [0.4, 0.5) is 0 Å². The first-order valence-electron chi connectivity index (χ1n) is 2.80. The minimum Gasteiger partial charge on any atom is -0.395 e. The van der Waals surface area contributed by atoms with Gasteiger partial charge >= 0.3 is 0 Å². The third kappa shape index (κ3) is 79.0. The van der Waals surface area contributed by atoms with Crippen LogP contribution in [0.5, 0.6) is 0 Å². The lowest BCUT2D eigenvalue weighted by atomic mass is 10.7. The third-order valence-corrected chi connectivity index (χ3v) is 0.256. The van der Waals surface area contributed by atoms with Crippen molar-refractivity contribution in [3.8, 4) is 0 Å². The molecule has 0 spiro atoms. The smallest absolute Gasteiger partial charge is 0.0569 e. The summed E-state index contributed by atoms with van der Waals surface area (Å²) in [5, 5.41) is 7.92. The largest absolute Gasteiger partial charge is 0.395 e. The summed E-state index contributed by atoms with van der Waals surface area (Å²) in [4.78, 5) is 2.00. The predicted octanol–water partition coefficient (Wildman–Crippen LogP) is -1.38. The van der Waals surface area contributed by atoms with Gasteiger partial charge in [-0.3, -0.25) is 11.3 Å². The minimum atomic E-state index is 0.108. The van der Waals surface area contributed by atoms with Crippen LogP contribution < -0.4 is 11.3 Å². The van der Waals surface area contributed by atoms with Gasteiger partial charge in [-0.2, -0.15) is 0 Å². The van der Waals surface area contributed by atoms with E-state index in [1.165, 1.54) is 0 Å². The number of rotatable bonds is 2. The average Bonchev–Trinajstić information content (AvgIpc) is 1.66. The zero-order valence-electron chi connectivity index (χ0n) is 6.39. The number of hydrogen-bond donors (Lipinski definition) is 3. The summed E-state index contributed by atoms with van der Waals surface area (Å²) >= 11 is 0. The molecule has 58 valence electrons. The maximum Gasteiger partial charge on any atom is 0.0569 e. The minimum absolute atomic E-state index is 0.108. The van der Waals surface area contributed by atoms with E-state index < -0.39 is 0 Å². The van der Waals surface area contributed by atoms with Crippen molar-refractivity contribution in [3.05, 3.63) is 0 Å². The van der Waals surface area contributed by atoms with Crippen molar-refractivity contribution in [1.82, 2.24) is 10.3 Å². The lowest BCUT2D eigenvalue weighted by molar-refractivity contribution is 0.293. The molecule has 0 aliphatic rings. The molecule has 0 aromatic rings. The number of hydrogen-bond acceptors (Lipinski definition) is 4. The molecule has 0 radical (unpaired) electrons. The lowest BCUT2D eigenvalue weighted by Crippen LogP contribution is -2.24. The summed E-state index contributed by atoms with van der Waals surface area (Å²) in [7, 11) is 6.00. The van der Waals surface area contributed by atoms with Crippen LogP contribution in [-0.4, -0.2) is 44.3 Å². The molecule has 0 aliphatic carbocycles. The van der Waals surface area contributed by atoms with Crippen LogP contribution in [0, 0.1) is 0 Å². The molecule has 0 rings (SSSR count). The molecule has 0 fully saturated rings. The highest BCUT2D eigenvalue weighted by atomic mass is 16.3. The highest BCUT2D eigenvalue weighted by Crippen LogP contribution is 1.47. The lowest BCUT2D eigenvalue weighted by Gasteiger charge is -1.90. The van der Waals surface area contributed by atoms with Crippen LogP contribution in [0.15, 0.2) is 0 Å². The van der Waals surface area contributed by atoms with E-state index in [2.05, 4.69) is 5.43 Å². The van der Waals surface area contributed by atoms with Crippen molar-refractivity contribution in [3.63, 3.8) is 0 Å². The summed E-state index contributed by atoms with van der Waals surface area (Å²) in [5.74, 6) is 4.73. The molecule has 0 unspecified atom stereocenters. The number of nitrogens with one attached hydrogen (secondary N) is 1. The summed E-state index contributed by atoms with van der Waals surface area (Å²) in [5.41, 5.74) is 2.27. The fourth-order valence-electron chi connectivity index (χ4n) is 0.0645. The molecule has 0 aromatic heterocycles. The molecule has 0 saturated carbocycles. The van der Waals surface area contributed by atoms with Gasteiger partial charge in [-0.1, -0.05) is 0 Å². The van der Waals surface area contributed by atoms with Crippen molar-refractivity contribution in [1.29, 1.82) is 0 Å². The Morgan fingerprint density at radius 1 is 1.44 bits per heavy atom. The van der Waals surface area contributed by atoms with E-state index in [0.717, 1.165) is 0 Å². The van der Waals surface area contributed by atoms with E-state index >= 15 is 0 Å². The van der Waals surface area contributed by atoms with Crippen molar-refractivity contribution < 1.29 is 5.11 Å². The Bertz CT molecular complexity index is 36.4. The molecule has 4 heteroatoms. The molecule has 9 heavy (non-hydrogen) atoms. The molecule has 4 N–H and O–H groups in total. The molecule has 0 atom stereocenters. The quantitative estimate of drug-likeness (QED) is 0.322. The first-order chi connectivity index (χ1) is 4.15. The van der Waals surface area contributed by atoms with Crippen LogP contribution in [0.3, 0.4) is 0 Å². The second kappa shape index (κ2) is 10.8. The maximum absolute atomic E-state index is 7.92. The summed E-state index contributed by atoms with van der Waals surface area (Å²) in [6.45, 7) is 0.580. The highest BCUT2D eigenvalue weighted by Gasteiger charge is 1.66. The molecule has 0 amide bonds. The van der Waals surface area contributed by atoms with Crippen LogP contribution in [0.2, 0.25) is 0 Å². The second-order valence-corrected chi connectivity index (χ2v) is 2.02. The summed E-state index contributed by atoms with van der Waals surface area (Å²) in [6, 6.07) is 0. The summed E-state index contributed by atoms with van der Waals surface area (Å²) < 4.78 is 0. The van der Waals surface area contributed by atoms with Gasteiger partial charge in [-0.15, -0.1) is 0 Å². The highest BCUT2D eigenvalue weighted by molar-refractivity contribution is 4.24. The normalized spacial score (nSPS) is 8.67. The van der Waals surface area contributed by atoms with Crippen LogP contribution in [0.1, 0.15) is 0 Å². The predicted molar refractivity (Wildman–Crippen MR) is 38.9 cm³/mol. The first kappa shape index (κ1) is 11.6. The summed E-state index contributed by atoms with van der Waals surface area (Å²) in [6.07, 6.45) is 0. The topological polar surface area (TPSA) is 61.5 Å². The van der Waals surface area contributed by atoms with Crippen LogP contribution in [-0.2, 0) is 0 Å². The van der Waals surface area contributed by atoms with E-state index in [1.807, 2.05) is 26.0 Å². The molecular weight excluding hydrogens is 118 g/mol. The Morgan fingerprint density at radius 3 is 1.78 bits per heavy atom. The first-order valence-corrected chi connectivity index (χ1v) is 2.80. The number of aliphatic hydroxyl groups excluding tert-OH is 1. The number of nitrogens with zero attached hydrogens (tertiary/aromatic N) is 1. The van der Waals surface area contributed by atoms with Gasteiger partial charge in [0.05, 0.1) is 6.61 Å². The third-order valence-electron chi connectivity index (χ3n) is 0.256. The fraction of sp³-hybridized carbons (Fsp3) is 1.00. The molecule has 0 heterocycles. The molecule has 0 aromatic carbocycles. The van der Waals surface area contributed by atoms with E-state index in [4.69, 9.17) is 10.9 Å². The van der Waals surface area contributed by atoms with Gasteiger partial charge in [-0.25, -0.2) is 0 Å². The maximum atomic E-state index is 7.92. The Labute approximate surface area is 56.6 Å². The molecular formula is C5H17N3O. The zero-order chi connectivity index (χ0) is 7.70. The zero-order valence-corrected chi connectivity index (χ0v) is 6.39. The van der Waals surface area contributed by atoms with E-state index in [-0.39, 0.29) is 6.61 Å². The van der Waals surface area contributed by atoms with Gasteiger partial charge < -0.3 is 10.0 Å². The molecule has 0 aliphatic heterocycles. The van der Waals surface area contributed by atoms with E-state index in [1.54, 1.807) is 0 Å². The SMILES string of the molecule is CN(C)C.NNCCO. The van der Waals surface area contributed by atoms with Crippen LogP contribution in [0.25, 0.3) is 0 Å². The Kier molecular flexibility index (Phi) is 13.9. The Morgan fingerprint density at radius 2 is 1.78 bits per heavy atom. The Hall–Kier alpha value is -0.160. The van der Waals surface area contributed by atoms with E-state index in [0.29, 0.717) is 6.54 Å². The number of hydrazine groups is 1. The van der Waals surface area contributed by atoms with Crippen molar-refractivity contribution in [2.75, 3.05) is 34.3 Å². The Balaban J connectivity index is 0. The van der Waals surface area contributed by atoms with Gasteiger partial charge in [0.2, 0.25) is 0 Å². The van der Waals surface area contributed by atoms with Crippen molar-refractivity contribution in [2.45, 2.75) is 0 Å². The number of aliphatic hydroxyl groups is 1. The van der Waals surface area contributed by atoms with E-state index in [9.17, 15) is 0 Å². The van der Waals surface area contributed by atoms with Gasteiger partial charge in [0.1, 0.15) is 0 Å². The molecule has 0 bridgehead atoms. The molecule has 4 nitrogen and oxygen atoms in total. The van der Waals surface area contributed by atoms with Gasteiger partial charge in [0.15, 0.2) is 0 Å². The van der Waals surface area contributed by atoms with Gasteiger partial charge in [0, 0.05) is 6.54 Å². The standard InChI is InChI=1S/C3H9N.C2H8N2O/c1-4(2)3;3-4-1-2-5/h1-3H3;4-5H,1-3H2. The monoisotopic (exact) mass is 135 g/mol. The fourth-order valence-corrected chi connectivity index (χ4v) is 0.0645. The average molecular weight is 135 g/mol.